The highest BCUT2D eigenvalue weighted by Gasteiger charge is 2.25. The lowest BCUT2D eigenvalue weighted by Crippen LogP contribution is -2.17. The highest BCUT2D eigenvalue weighted by atomic mass is 32.2. The third kappa shape index (κ3) is 4.75. The lowest BCUT2D eigenvalue weighted by Gasteiger charge is -2.20. The molecule has 0 saturated heterocycles. The van der Waals surface area contributed by atoms with Crippen LogP contribution in [0.5, 0.6) is 0 Å². The van der Waals surface area contributed by atoms with Crippen LogP contribution in [-0.4, -0.2) is 34.9 Å². The number of thioether (sulfide) groups is 1. The Balaban J connectivity index is 1.41. The Bertz CT molecular complexity index is 1540. The second-order valence-electron chi connectivity index (χ2n) is 8.21. The standard InChI is InChI=1S/C25H21N5O3S2/c1-15-4-3-5-16(2)20(15)14-35(32,33)19-10-11-21-22(13-19)34-23(25(31)26-21)12-17-6-8-18(9-7-17)24-27-29-30-28-24/h3-13H,14H2,1-2H3,(H,26,31)(H,27,28,29,30)/b23-12+. The third-order valence-electron chi connectivity index (χ3n) is 5.79. The zero-order valence-corrected chi connectivity index (χ0v) is 20.6. The van der Waals surface area contributed by atoms with Crippen LogP contribution < -0.4 is 5.32 Å². The maximum absolute atomic E-state index is 13.2. The quantitative estimate of drug-likeness (QED) is 0.384. The minimum absolute atomic E-state index is 0.0727. The van der Waals surface area contributed by atoms with Gasteiger partial charge in [-0.15, -0.1) is 10.2 Å². The number of aromatic amines is 1. The summed E-state index contributed by atoms with van der Waals surface area (Å²) in [4.78, 5) is 14.0. The first-order chi connectivity index (χ1) is 16.8. The van der Waals surface area contributed by atoms with Crippen LogP contribution in [0.15, 0.2) is 75.4 Å². The van der Waals surface area contributed by atoms with E-state index in [0.29, 0.717) is 21.3 Å². The minimum atomic E-state index is -3.57. The first-order valence-electron chi connectivity index (χ1n) is 10.8. The molecule has 2 N–H and O–H groups in total. The average Bonchev–Trinajstić information content (AvgIpc) is 3.37. The summed E-state index contributed by atoms with van der Waals surface area (Å²) >= 11 is 1.25. The average molecular weight is 504 g/mol. The molecule has 35 heavy (non-hydrogen) atoms. The molecule has 0 fully saturated rings. The molecule has 10 heteroatoms. The number of aromatic nitrogens is 4. The molecule has 0 spiro atoms. The van der Waals surface area contributed by atoms with Gasteiger partial charge >= 0.3 is 0 Å². The van der Waals surface area contributed by atoms with Gasteiger partial charge in [0.15, 0.2) is 9.84 Å². The van der Waals surface area contributed by atoms with Gasteiger partial charge in [0.2, 0.25) is 5.82 Å². The molecule has 1 aliphatic rings. The number of H-pyrrole nitrogens is 1. The zero-order chi connectivity index (χ0) is 24.6. The van der Waals surface area contributed by atoms with E-state index < -0.39 is 9.84 Å². The summed E-state index contributed by atoms with van der Waals surface area (Å²) in [5.74, 6) is 0.171. The van der Waals surface area contributed by atoms with Crippen LogP contribution in [0.4, 0.5) is 5.69 Å². The number of hydrogen-bond acceptors (Lipinski definition) is 7. The number of hydrogen-bond donors (Lipinski definition) is 2. The third-order valence-corrected chi connectivity index (χ3v) is 8.52. The van der Waals surface area contributed by atoms with Crippen molar-refractivity contribution in [3.63, 3.8) is 0 Å². The Hall–Kier alpha value is -3.76. The van der Waals surface area contributed by atoms with Crippen molar-refractivity contribution in [2.75, 3.05) is 5.32 Å². The molecular formula is C25H21N5O3S2. The van der Waals surface area contributed by atoms with Gasteiger partial charge in [-0.3, -0.25) is 4.79 Å². The fourth-order valence-electron chi connectivity index (χ4n) is 3.84. The van der Waals surface area contributed by atoms with Crippen molar-refractivity contribution in [2.24, 2.45) is 0 Å². The number of sulfone groups is 1. The summed E-state index contributed by atoms with van der Waals surface area (Å²) < 4.78 is 26.5. The van der Waals surface area contributed by atoms with Gasteiger partial charge in [0.05, 0.1) is 21.2 Å². The molecule has 176 valence electrons. The van der Waals surface area contributed by atoms with E-state index in [2.05, 4.69) is 25.9 Å². The normalized spacial score (nSPS) is 14.6. The number of tetrazole rings is 1. The number of fused-ring (bicyclic) bond motifs is 1. The van der Waals surface area contributed by atoms with E-state index in [-0.39, 0.29) is 16.6 Å². The molecule has 0 atom stereocenters. The molecule has 2 heterocycles. The molecule has 3 aromatic carbocycles. The van der Waals surface area contributed by atoms with Crippen LogP contribution in [0.25, 0.3) is 17.5 Å². The Morgan fingerprint density at radius 1 is 1.00 bits per heavy atom. The fourth-order valence-corrected chi connectivity index (χ4v) is 6.48. The molecule has 8 nitrogen and oxygen atoms in total. The Kier molecular flexibility index (Phi) is 6.00. The lowest BCUT2D eigenvalue weighted by atomic mass is 10.1. The van der Waals surface area contributed by atoms with E-state index in [1.165, 1.54) is 11.8 Å². The second-order valence-corrected chi connectivity index (χ2v) is 11.3. The maximum atomic E-state index is 13.2. The molecule has 1 aliphatic heterocycles. The van der Waals surface area contributed by atoms with Crippen molar-refractivity contribution in [3.05, 3.63) is 87.8 Å². The predicted octanol–water partition coefficient (Wildman–Crippen LogP) is 4.54. The number of anilines is 1. The molecule has 0 radical (unpaired) electrons. The monoisotopic (exact) mass is 503 g/mol. The zero-order valence-electron chi connectivity index (χ0n) is 18.9. The minimum Gasteiger partial charge on any atom is -0.320 e. The van der Waals surface area contributed by atoms with Crippen LogP contribution in [0.3, 0.4) is 0 Å². The highest BCUT2D eigenvalue weighted by Crippen LogP contribution is 2.40. The van der Waals surface area contributed by atoms with Gasteiger partial charge in [0.1, 0.15) is 0 Å². The lowest BCUT2D eigenvalue weighted by molar-refractivity contribution is -0.112. The van der Waals surface area contributed by atoms with Crippen molar-refractivity contribution in [2.45, 2.75) is 29.4 Å². The SMILES string of the molecule is Cc1cccc(C)c1CS(=O)(=O)c1ccc2c(c1)S/C(=C/c1ccc(-c3nn[nH]n3)cc1)C(=O)N2. The van der Waals surface area contributed by atoms with Gasteiger partial charge in [-0.25, -0.2) is 8.42 Å². The maximum Gasteiger partial charge on any atom is 0.262 e. The van der Waals surface area contributed by atoms with Crippen LogP contribution >= 0.6 is 11.8 Å². The van der Waals surface area contributed by atoms with Crippen LogP contribution in [0, 0.1) is 13.8 Å². The molecule has 4 aromatic rings. The summed E-state index contributed by atoms with van der Waals surface area (Å²) in [7, 11) is -3.57. The van der Waals surface area contributed by atoms with Crippen LogP contribution in [0.1, 0.15) is 22.3 Å². The topological polar surface area (TPSA) is 118 Å². The van der Waals surface area contributed by atoms with Gasteiger partial charge < -0.3 is 5.32 Å². The van der Waals surface area contributed by atoms with E-state index in [4.69, 9.17) is 0 Å². The molecule has 1 amide bonds. The summed E-state index contributed by atoms with van der Waals surface area (Å²) in [6.07, 6.45) is 1.76. The molecule has 5 rings (SSSR count). The van der Waals surface area contributed by atoms with Crippen molar-refractivity contribution in [1.82, 2.24) is 20.6 Å². The number of nitrogens with one attached hydrogen (secondary N) is 2. The number of amides is 1. The summed E-state index contributed by atoms with van der Waals surface area (Å²) in [5.41, 5.74) is 4.92. The number of benzene rings is 3. The number of nitrogens with zero attached hydrogens (tertiary/aromatic N) is 3. The Morgan fingerprint density at radius 2 is 1.74 bits per heavy atom. The smallest absolute Gasteiger partial charge is 0.262 e. The Morgan fingerprint density at radius 3 is 2.43 bits per heavy atom. The van der Waals surface area contributed by atoms with Gasteiger partial charge in [-0.2, -0.15) is 5.21 Å². The van der Waals surface area contributed by atoms with Crippen LogP contribution in [-0.2, 0) is 20.4 Å². The van der Waals surface area contributed by atoms with Gasteiger partial charge in [-0.1, -0.05) is 54.2 Å². The van der Waals surface area contributed by atoms with Crippen molar-refractivity contribution < 1.29 is 13.2 Å². The highest BCUT2D eigenvalue weighted by molar-refractivity contribution is 8.04. The number of rotatable bonds is 5. The molecule has 0 saturated carbocycles. The second kappa shape index (κ2) is 9.12. The number of aryl methyl sites for hydroxylation is 2. The van der Waals surface area contributed by atoms with Crippen molar-refractivity contribution >= 4 is 39.3 Å². The van der Waals surface area contributed by atoms with Crippen molar-refractivity contribution in [3.8, 4) is 11.4 Å². The predicted molar refractivity (Wildman–Crippen MR) is 135 cm³/mol. The van der Waals surface area contributed by atoms with Gasteiger partial charge in [0, 0.05) is 10.5 Å². The first-order valence-corrected chi connectivity index (χ1v) is 13.2. The number of carbonyl (C=O) groups excluding carboxylic acids is 1. The largest absolute Gasteiger partial charge is 0.320 e. The number of carbonyl (C=O) groups is 1. The summed E-state index contributed by atoms with van der Waals surface area (Å²) in [6.45, 7) is 3.84. The van der Waals surface area contributed by atoms with E-state index in [1.54, 1.807) is 24.3 Å². The van der Waals surface area contributed by atoms with E-state index >= 15 is 0 Å². The summed E-state index contributed by atoms with van der Waals surface area (Å²) in [6, 6.07) is 18.0. The first kappa shape index (κ1) is 23.0. The Labute approximate surface area is 206 Å². The summed E-state index contributed by atoms with van der Waals surface area (Å²) in [5, 5.41) is 16.7. The molecule has 0 aliphatic carbocycles. The van der Waals surface area contributed by atoms with Crippen molar-refractivity contribution in [1.29, 1.82) is 0 Å². The van der Waals surface area contributed by atoms with E-state index in [0.717, 1.165) is 27.8 Å². The molecule has 1 aromatic heterocycles. The molecule has 0 unspecified atom stereocenters. The van der Waals surface area contributed by atoms with Gasteiger partial charge in [-0.05, 0) is 65.6 Å². The molecule has 0 bridgehead atoms. The van der Waals surface area contributed by atoms with Gasteiger partial charge in [0.25, 0.3) is 5.91 Å². The van der Waals surface area contributed by atoms with Crippen LogP contribution in [0.2, 0.25) is 0 Å². The van der Waals surface area contributed by atoms with E-state index in [9.17, 15) is 13.2 Å². The van der Waals surface area contributed by atoms with E-state index in [1.807, 2.05) is 56.3 Å². The molecular weight excluding hydrogens is 482 g/mol. The fraction of sp³-hybridized carbons (Fsp3) is 0.120.